The summed E-state index contributed by atoms with van der Waals surface area (Å²) in [6, 6.07) is 4.48. The number of amides is 1. The normalized spacial score (nSPS) is 28.1. The first kappa shape index (κ1) is 17.0. The molecular weight excluding hydrogens is 314 g/mol. The second kappa shape index (κ2) is 7.83. The van der Waals surface area contributed by atoms with Crippen LogP contribution in [0.1, 0.15) is 44.1 Å². The summed E-state index contributed by atoms with van der Waals surface area (Å²) in [4.78, 5) is 21.5. The third-order valence-electron chi connectivity index (χ3n) is 6.13. The van der Waals surface area contributed by atoms with Crippen LogP contribution in [0.3, 0.4) is 0 Å². The van der Waals surface area contributed by atoms with Crippen molar-refractivity contribution < 1.29 is 9.53 Å². The summed E-state index contributed by atoms with van der Waals surface area (Å²) in [5.74, 6) is 0.987. The van der Waals surface area contributed by atoms with Crippen LogP contribution >= 0.6 is 0 Å². The Kier molecular flexibility index (Phi) is 5.32. The van der Waals surface area contributed by atoms with E-state index in [1.807, 2.05) is 12.4 Å². The van der Waals surface area contributed by atoms with Crippen molar-refractivity contribution in [3.05, 3.63) is 30.1 Å². The number of hydrogen-bond acceptors (Lipinski definition) is 4. The Morgan fingerprint density at radius 1 is 1.16 bits per heavy atom. The van der Waals surface area contributed by atoms with Crippen molar-refractivity contribution in [2.75, 3.05) is 26.2 Å². The molecule has 3 aliphatic rings. The van der Waals surface area contributed by atoms with Gasteiger partial charge >= 0.3 is 0 Å². The highest BCUT2D eigenvalue weighted by Crippen LogP contribution is 2.30. The number of carbonyl (C=O) groups excluding carboxylic acids is 1. The van der Waals surface area contributed by atoms with E-state index in [-0.39, 0.29) is 6.10 Å². The van der Waals surface area contributed by atoms with Gasteiger partial charge in [-0.2, -0.15) is 0 Å². The average molecular weight is 343 g/mol. The number of ether oxygens (including phenoxy) is 1. The molecule has 1 aromatic heterocycles. The second-order valence-corrected chi connectivity index (χ2v) is 7.79. The molecule has 1 aliphatic carbocycles. The molecule has 3 fully saturated rings. The number of aromatic nitrogens is 1. The minimum absolute atomic E-state index is 0.270. The standard InChI is InChI=1S/C20H29N3O2/c24-20(13-16-3-1-2-4-16)23-10-7-19-18(15-23)22(11-12-25-19)14-17-5-8-21-9-6-17/h5-6,8-9,16,18-19H,1-4,7,10-15H2/t18-,19-/m0/s1. The lowest BCUT2D eigenvalue weighted by Crippen LogP contribution is -2.60. The third-order valence-corrected chi connectivity index (χ3v) is 6.13. The van der Waals surface area contributed by atoms with Gasteiger partial charge in [0.1, 0.15) is 0 Å². The van der Waals surface area contributed by atoms with Gasteiger partial charge in [0.2, 0.25) is 5.91 Å². The summed E-state index contributed by atoms with van der Waals surface area (Å²) in [5.41, 5.74) is 1.28. The Morgan fingerprint density at radius 2 is 1.96 bits per heavy atom. The van der Waals surface area contributed by atoms with Gasteiger partial charge in [0, 0.05) is 45.0 Å². The Bertz CT molecular complexity index is 574. The molecule has 1 amide bonds. The highest BCUT2D eigenvalue weighted by atomic mass is 16.5. The van der Waals surface area contributed by atoms with Crippen molar-refractivity contribution in [2.24, 2.45) is 5.92 Å². The van der Waals surface area contributed by atoms with Gasteiger partial charge in [-0.1, -0.05) is 12.8 Å². The molecule has 1 aromatic rings. The van der Waals surface area contributed by atoms with Crippen LogP contribution in [0.2, 0.25) is 0 Å². The Hall–Kier alpha value is -1.46. The van der Waals surface area contributed by atoms with Crippen molar-refractivity contribution >= 4 is 5.91 Å². The van der Waals surface area contributed by atoms with Crippen molar-refractivity contribution in [2.45, 2.75) is 57.2 Å². The average Bonchev–Trinajstić information content (AvgIpc) is 3.15. The van der Waals surface area contributed by atoms with Crippen LogP contribution in [-0.4, -0.2) is 59.1 Å². The predicted octanol–water partition coefficient (Wildman–Crippen LogP) is 2.46. The quantitative estimate of drug-likeness (QED) is 0.842. The number of carbonyl (C=O) groups is 1. The first-order valence-corrected chi connectivity index (χ1v) is 9.82. The van der Waals surface area contributed by atoms with Crippen molar-refractivity contribution in [1.29, 1.82) is 0 Å². The molecular formula is C20H29N3O2. The molecule has 2 aliphatic heterocycles. The van der Waals surface area contributed by atoms with Crippen molar-refractivity contribution in [3.8, 4) is 0 Å². The Morgan fingerprint density at radius 3 is 2.76 bits per heavy atom. The van der Waals surface area contributed by atoms with Crippen LogP contribution in [0.15, 0.2) is 24.5 Å². The van der Waals surface area contributed by atoms with E-state index in [0.717, 1.165) is 45.6 Å². The van der Waals surface area contributed by atoms with Gasteiger partial charge in [-0.05, 0) is 42.9 Å². The number of morpholine rings is 1. The smallest absolute Gasteiger partial charge is 0.222 e. The number of piperidine rings is 1. The summed E-state index contributed by atoms with van der Waals surface area (Å²) in [6.07, 6.45) is 10.8. The summed E-state index contributed by atoms with van der Waals surface area (Å²) in [5, 5.41) is 0. The predicted molar refractivity (Wildman–Crippen MR) is 95.9 cm³/mol. The van der Waals surface area contributed by atoms with Gasteiger partial charge in [-0.15, -0.1) is 0 Å². The van der Waals surface area contributed by atoms with Gasteiger partial charge in [0.25, 0.3) is 0 Å². The van der Waals surface area contributed by atoms with Gasteiger partial charge in [0.05, 0.1) is 18.8 Å². The first-order chi connectivity index (χ1) is 12.3. The maximum absolute atomic E-state index is 12.8. The molecule has 3 heterocycles. The molecule has 0 N–H and O–H groups in total. The molecule has 1 saturated carbocycles. The molecule has 5 nitrogen and oxygen atoms in total. The minimum Gasteiger partial charge on any atom is -0.375 e. The molecule has 0 unspecified atom stereocenters. The van der Waals surface area contributed by atoms with Gasteiger partial charge < -0.3 is 9.64 Å². The number of fused-ring (bicyclic) bond motifs is 1. The Labute approximate surface area is 150 Å². The monoisotopic (exact) mass is 343 g/mol. The molecule has 2 saturated heterocycles. The van der Waals surface area contributed by atoms with Crippen LogP contribution < -0.4 is 0 Å². The minimum atomic E-state index is 0.270. The molecule has 136 valence electrons. The molecule has 0 aromatic carbocycles. The van der Waals surface area contributed by atoms with Crippen LogP contribution in [0.25, 0.3) is 0 Å². The van der Waals surface area contributed by atoms with Crippen LogP contribution in [0.5, 0.6) is 0 Å². The van der Waals surface area contributed by atoms with Crippen molar-refractivity contribution in [1.82, 2.24) is 14.8 Å². The number of hydrogen-bond donors (Lipinski definition) is 0. The van der Waals surface area contributed by atoms with E-state index < -0.39 is 0 Å². The zero-order valence-corrected chi connectivity index (χ0v) is 15.0. The fourth-order valence-corrected chi connectivity index (χ4v) is 4.68. The van der Waals surface area contributed by atoms with Crippen LogP contribution in [0.4, 0.5) is 0 Å². The molecule has 25 heavy (non-hydrogen) atoms. The van der Waals surface area contributed by atoms with E-state index in [4.69, 9.17) is 4.74 Å². The molecule has 5 heteroatoms. The van der Waals surface area contributed by atoms with E-state index >= 15 is 0 Å². The van der Waals surface area contributed by atoms with Gasteiger partial charge in [0.15, 0.2) is 0 Å². The highest BCUT2D eigenvalue weighted by Gasteiger charge is 2.38. The fourth-order valence-electron chi connectivity index (χ4n) is 4.68. The van der Waals surface area contributed by atoms with E-state index in [0.29, 0.717) is 17.9 Å². The summed E-state index contributed by atoms with van der Waals surface area (Å²) >= 11 is 0. The lowest BCUT2D eigenvalue weighted by Gasteiger charge is -2.47. The fraction of sp³-hybridized carbons (Fsp3) is 0.700. The summed E-state index contributed by atoms with van der Waals surface area (Å²) in [7, 11) is 0. The first-order valence-electron chi connectivity index (χ1n) is 9.82. The lowest BCUT2D eigenvalue weighted by atomic mass is 9.96. The van der Waals surface area contributed by atoms with Gasteiger partial charge in [-0.3, -0.25) is 14.7 Å². The van der Waals surface area contributed by atoms with Crippen LogP contribution in [0, 0.1) is 5.92 Å². The summed E-state index contributed by atoms with van der Waals surface area (Å²) < 4.78 is 6.02. The van der Waals surface area contributed by atoms with E-state index in [1.165, 1.54) is 31.2 Å². The molecule has 4 rings (SSSR count). The number of rotatable bonds is 4. The van der Waals surface area contributed by atoms with E-state index in [2.05, 4.69) is 26.9 Å². The lowest BCUT2D eigenvalue weighted by molar-refractivity contribution is -0.144. The van der Waals surface area contributed by atoms with E-state index in [1.54, 1.807) is 0 Å². The van der Waals surface area contributed by atoms with Gasteiger partial charge in [-0.25, -0.2) is 0 Å². The SMILES string of the molecule is O=C(CC1CCCC1)N1CC[C@@H]2OCCN(Cc3ccncc3)[C@H]2C1. The van der Waals surface area contributed by atoms with Crippen molar-refractivity contribution in [3.63, 3.8) is 0 Å². The topological polar surface area (TPSA) is 45.7 Å². The maximum atomic E-state index is 12.8. The summed E-state index contributed by atoms with van der Waals surface area (Å²) in [6.45, 7) is 4.32. The molecule has 0 spiro atoms. The third kappa shape index (κ3) is 4.04. The molecule has 0 radical (unpaired) electrons. The zero-order chi connectivity index (χ0) is 17.1. The largest absolute Gasteiger partial charge is 0.375 e. The highest BCUT2D eigenvalue weighted by molar-refractivity contribution is 5.76. The molecule has 2 atom stereocenters. The maximum Gasteiger partial charge on any atom is 0.222 e. The molecule has 0 bridgehead atoms. The second-order valence-electron chi connectivity index (χ2n) is 7.79. The number of likely N-dealkylation sites (tertiary alicyclic amines) is 1. The Balaban J connectivity index is 1.39. The zero-order valence-electron chi connectivity index (χ0n) is 15.0. The van der Waals surface area contributed by atoms with Crippen LogP contribution in [-0.2, 0) is 16.1 Å². The number of nitrogens with zero attached hydrogens (tertiary/aromatic N) is 3. The number of pyridine rings is 1. The van der Waals surface area contributed by atoms with E-state index in [9.17, 15) is 4.79 Å².